The largest absolute Gasteiger partial charge is 0.497 e. The molecule has 12 rings (SSSR count). The van der Waals surface area contributed by atoms with Crippen molar-refractivity contribution in [3.05, 3.63) is 281 Å². The van der Waals surface area contributed by atoms with E-state index < -0.39 is 12.1 Å². The molecule has 0 radical (unpaired) electrons. The van der Waals surface area contributed by atoms with Gasteiger partial charge in [0, 0.05) is 81.9 Å². The fourth-order valence-corrected chi connectivity index (χ4v) is 9.57. The molecule has 0 bridgehead atoms. The van der Waals surface area contributed by atoms with E-state index in [1.807, 2.05) is 123 Å². The molecule has 10 N–H and O–H groups in total. The lowest BCUT2D eigenvalue weighted by Crippen LogP contribution is -2.31. The minimum absolute atomic E-state index is 0.129. The zero-order valence-electron chi connectivity index (χ0n) is 50.9. The van der Waals surface area contributed by atoms with Crippen LogP contribution < -0.4 is 26.0 Å². The summed E-state index contributed by atoms with van der Waals surface area (Å²) < 4.78 is 5.14. The van der Waals surface area contributed by atoms with Gasteiger partial charge < -0.3 is 36.2 Å². The smallest absolute Gasteiger partial charge is 0.269 e. The van der Waals surface area contributed by atoms with Gasteiger partial charge in [-0.25, -0.2) is 0 Å². The number of benzene rings is 4. The van der Waals surface area contributed by atoms with Crippen LogP contribution in [0.15, 0.2) is 225 Å². The molecular weight excluding hydrogens is 1240 g/mol. The third kappa shape index (κ3) is 18.8. The van der Waals surface area contributed by atoms with Crippen molar-refractivity contribution in [1.82, 2.24) is 82.0 Å². The van der Waals surface area contributed by atoms with Gasteiger partial charge in [-0.1, -0.05) is 89.9 Å². The topological polar surface area (TPSA) is 332 Å². The molecule has 8 aromatic heterocycles. The molecule has 0 aliphatic rings. The Morgan fingerprint density at radius 2 is 0.713 bits per heavy atom. The Morgan fingerprint density at radius 1 is 0.394 bits per heavy atom. The number of aromatic nitrogens is 12. The second kappa shape index (κ2) is 33.5. The van der Waals surface area contributed by atoms with E-state index in [1.165, 1.54) is 0 Å². The number of aliphatic hydroxyl groups excluding tert-OH is 2. The molecule has 12 aromatic rings. The number of nitrogens with zero attached hydrogens (tertiary/aromatic N) is 8. The number of pyridine rings is 4. The monoisotopic (exact) mass is 1300 g/mol. The fraction of sp³-hybridized carbons (Fsp3) is 0.130. The summed E-state index contributed by atoms with van der Waals surface area (Å²) in [5.74, 6) is -0.313. The van der Waals surface area contributed by atoms with Gasteiger partial charge in [0.25, 0.3) is 23.6 Å². The maximum atomic E-state index is 12.4. The van der Waals surface area contributed by atoms with E-state index in [2.05, 4.69) is 82.0 Å². The fourth-order valence-electron chi connectivity index (χ4n) is 9.17. The molecule has 94 heavy (non-hydrogen) atoms. The van der Waals surface area contributed by atoms with Crippen LogP contribution in [0.4, 0.5) is 0 Å². The second-order valence-corrected chi connectivity index (χ2v) is 21.6. The van der Waals surface area contributed by atoms with Gasteiger partial charge in [0.1, 0.15) is 28.5 Å². The highest BCUT2D eigenvalue weighted by Gasteiger charge is 2.21. The van der Waals surface area contributed by atoms with Crippen molar-refractivity contribution in [3.8, 4) is 50.8 Å². The third-order valence-electron chi connectivity index (χ3n) is 14.3. The maximum absolute atomic E-state index is 12.4. The van der Waals surface area contributed by atoms with Crippen molar-refractivity contribution < 1.29 is 34.1 Å². The van der Waals surface area contributed by atoms with E-state index in [-0.39, 0.29) is 48.9 Å². The number of carbonyl (C=O) groups excluding carboxylic acids is 4. The lowest BCUT2D eigenvalue weighted by atomic mass is 10.1. The van der Waals surface area contributed by atoms with Crippen LogP contribution in [-0.4, -0.2) is 115 Å². The van der Waals surface area contributed by atoms with Crippen LogP contribution in [0.3, 0.4) is 0 Å². The van der Waals surface area contributed by atoms with E-state index >= 15 is 0 Å². The Bertz CT molecular complexity index is 4350. The number of methoxy groups -OCH3 is 1. The van der Waals surface area contributed by atoms with Crippen LogP contribution in [0.25, 0.3) is 45.0 Å². The van der Waals surface area contributed by atoms with E-state index in [1.54, 1.807) is 123 Å². The Kier molecular flexibility index (Phi) is 23.9. The zero-order chi connectivity index (χ0) is 66.2. The molecule has 8 heterocycles. The summed E-state index contributed by atoms with van der Waals surface area (Å²) in [4.78, 5) is 65.2. The Balaban J connectivity index is 0.000000148. The van der Waals surface area contributed by atoms with Crippen LogP contribution in [0, 0.1) is 0 Å². The van der Waals surface area contributed by atoms with Crippen molar-refractivity contribution >= 4 is 46.8 Å². The first-order chi connectivity index (χ1) is 45.7. The highest BCUT2D eigenvalue weighted by Crippen LogP contribution is 2.25. The number of rotatable bonds is 19. The number of carbonyl (C=O) groups is 4. The van der Waals surface area contributed by atoms with Crippen molar-refractivity contribution in [3.63, 3.8) is 0 Å². The van der Waals surface area contributed by atoms with E-state index in [0.717, 1.165) is 50.3 Å². The summed E-state index contributed by atoms with van der Waals surface area (Å²) >= 11 is 11.9. The second-order valence-electron chi connectivity index (χ2n) is 20.7. The molecular formula is C69H64Cl2N16O7. The quantitative estimate of drug-likeness (QED) is 0.0360. The number of aliphatic hydroxyl groups is 2. The van der Waals surface area contributed by atoms with E-state index in [4.69, 9.17) is 27.9 Å². The number of ether oxygens (including phenoxy) is 1. The number of hydrogen-bond donors (Lipinski definition) is 10. The van der Waals surface area contributed by atoms with Crippen LogP contribution in [-0.2, 0) is 0 Å². The zero-order valence-corrected chi connectivity index (χ0v) is 52.4. The first-order valence-corrected chi connectivity index (χ1v) is 30.0. The molecule has 25 heteroatoms. The number of aromatic amines is 4. The third-order valence-corrected chi connectivity index (χ3v) is 14.8. The predicted molar refractivity (Wildman–Crippen MR) is 356 cm³/mol. The van der Waals surface area contributed by atoms with Crippen LogP contribution >= 0.6 is 23.2 Å². The molecule has 4 amide bonds. The first kappa shape index (κ1) is 66.9. The molecule has 4 aromatic carbocycles. The number of amides is 4. The summed E-state index contributed by atoms with van der Waals surface area (Å²) in [6, 6.07) is 51.4. The lowest BCUT2D eigenvalue weighted by Gasteiger charge is -2.16. The highest BCUT2D eigenvalue weighted by atomic mass is 35.5. The van der Waals surface area contributed by atoms with Gasteiger partial charge in [-0.2, -0.15) is 20.4 Å². The van der Waals surface area contributed by atoms with E-state index in [0.29, 0.717) is 55.6 Å². The van der Waals surface area contributed by atoms with Gasteiger partial charge in [-0.15, -0.1) is 0 Å². The van der Waals surface area contributed by atoms with Gasteiger partial charge in [0.05, 0.1) is 67.3 Å². The molecule has 0 aliphatic heterocycles. The minimum atomic E-state index is -0.552. The molecule has 0 fully saturated rings. The summed E-state index contributed by atoms with van der Waals surface area (Å²) in [7, 11) is 1.62. The Hall–Kier alpha value is -11.5. The Labute approximate surface area is 549 Å². The number of halogens is 2. The average Bonchev–Trinajstić information content (AvgIpc) is 1.91. The molecule has 23 nitrogen and oxygen atoms in total. The minimum Gasteiger partial charge on any atom is -0.497 e. The van der Waals surface area contributed by atoms with Crippen molar-refractivity contribution in [2.75, 3.05) is 20.3 Å². The van der Waals surface area contributed by atoms with Gasteiger partial charge in [0.2, 0.25) is 0 Å². The summed E-state index contributed by atoms with van der Waals surface area (Å²) in [6.07, 6.45) is 13.4. The molecule has 0 spiro atoms. The average molecular weight is 1300 g/mol. The van der Waals surface area contributed by atoms with Gasteiger partial charge in [-0.05, 0) is 145 Å². The highest BCUT2D eigenvalue weighted by molar-refractivity contribution is 6.31. The van der Waals surface area contributed by atoms with Crippen molar-refractivity contribution in [2.24, 2.45) is 0 Å². The van der Waals surface area contributed by atoms with Crippen LogP contribution in [0.5, 0.6) is 5.75 Å². The molecule has 0 aliphatic carbocycles. The maximum Gasteiger partial charge on any atom is 0.269 e. The first-order valence-electron chi connectivity index (χ1n) is 29.2. The number of nitrogens with one attached hydrogen (secondary N) is 8. The Morgan fingerprint density at radius 3 is 1.06 bits per heavy atom. The molecule has 0 saturated carbocycles. The number of hydrogen-bond acceptors (Lipinski definition) is 15. The van der Waals surface area contributed by atoms with Crippen LogP contribution in [0.1, 0.15) is 102 Å². The normalized spacial score (nSPS) is 11.9. The predicted octanol–water partition coefficient (Wildman–Crippen LogP) is 11.1. The SMILES string of the molecule is COc1ccc([C@@H](C)NC(=O)c2cc(-c3ccncc3)n[nH]2)cc1.C[C@@H](NC(=O)c1cc(-c2ccncc2)n[nH]1)c1cccc(Cl)c1.O=C(N[C@H](CO)c1cccc(Cl)c1)c1cc(-c2ccncc2)n[nH]1.O=C(N[C@H](CO)c1ccccc1)c1cc(-c2ccncc2)n[nH]1. The van der Waals surface area contributed by atoms with Gasteiger partial charge in [0.15, 0.2) is 0 Å². The summed E-state index contributed by atoms with van der Waals surface area (Å²) in [5.41, 5.74) is 11.2. The lowest BCUT2D eigenvalue weighted by molar-refractivity contribution is 0.0904. The van der Waals surface area contributed by atoms with Crippen molar-refractivity contribution in [1.29, 1.82) is 0 Å². The van der Waals surface area contributed by atoms with E-state index in [9.17, 15) is 29.4 Å². The summed E-state index contributed by atoms with van der Waals surface area (Å²) in [5, 5.41) is 59.3. The number of H-pyrrole nitrogens is 4. The van der Waals surface area contributed by atoms with Crippen molar-refractivity contribution in [2.45, 2.75) is 38.0 Å². The van der Waals surface area contributed by atoms with Gasteiger partial charge in [-0.3, -0.25) is 59.5 Å². The van der Waals surface area contributed by atoms with Gasteiger partial charge >= 0.3 is 0 Å². The standard InChI is InChI=1S/C18H18N4O2.C17H15ClN4O2.C17H15ClN4O.C17H16N4O2/c1-12(13-3-5-15(24-2)6-4-13)20-18(23)17-11-16(21-22-17)14-7-9-19-10-8-14;18-13-3-1-2-12(8-13)16(10-23)20-17(24)15-9-14(21-22-15)11-4-6-19-7-5-11;1-11(13-3-2-4-14(18)9-13)20-17(23)16-10-15(21-22-16)12-5-7-19-8-6-12;22-11-16(12-4-2-1-3-5-12)19-17(23)15-10-14(20-21-15)13-6-8-18-9-7-13/h3-12H,1-2H3,(H,20,23)(H,21,22);1-9,16,23H,10H2,(H,20,24)(H,21,22);2-11H,1H3,(H,20,23)(H,21,22);1-10,16,22H,11H2,(H,19,23)(H,20,21)/t12-;16-;11-;16-/m1111/s1. The molecule has 4 atom stereocenters. The molecule has 476 valence electrons. The molecule has 0 saturated heterocycles. The van der Waals surface area contributed by atoms with Crippen LogP contribution in [0.2, 0.25) is 10.0 Å². The molecule has 0 unspecified atom stereocenters. The summed E-state index contributed by atoms with van der Waals surface area (Å²) in [6.45, 7) is 3.42.